The van der Waals surface area contributed by atoms with Crippen LogP contribution in [0.5, 0.6) is 5.75 Å². The molecule has 0 fully saturated rings. The quantitative estimate of drug-likeness (QED) is 0.329. The summed E-state index contributed by atoms with van der Waals surface area (Å²) < 4.78 is 5.74. The summed E-state index contributed by atoms with van der Waals surface area (Å²) in [6.45, 7) is 2.14. The van der Waals surface area contributed by atoms with Crippen molar-refractivity contribution in [2.45, 2.75) is 13.5 Å². The molecule has 0 atom stereocenters. The van der Waals surface area contributed by atoms with E-state index in [0.29, 0.717) is 23.1 Å². The monoisotopic (exact) mass is 423 g/mol. The Labute approximate surface area is 178 Å². The van der Waals surface area contributed by atoms with Crippen LogP contribution in [0.4, 0.5) is 5.69 Å². The molecule has 3 rings (SSSR count). The van der Waals surface area contributed by atoms with Gasteiger partial charge in [0.25, 0.3) is 11.6 Å². The second-order valence-corrected chi connectivity index (χ2v) is 6.79. The van der Waals surface area contributed by atoms with Crippen molar-refractivity contribution >= 4 is 28.9 Å². The second-order valence-electron chi connectivity index (χ2n) is 6.35. The van der Waals surface area contributed by atoms with Crippen molar-refractivity contribution in [1.82, 2.24) is 5.43 Å². The summed E-state index contributed by atoms with van der Waals surface area (Å²) in [7, 11) is 0. The molecule has 152 valence electrons. The van der Waals surface area contributed by atoms with Crippen LogP contribution in [0.25, 0.3) is 0 Å². The number of amides is 1. The number of nitrogens with one attached hydrogen (secondary N) is 1. The number of hydrogen-bond acceptors (Lipinski definition) is 5. The molecule has 0 heterocycles. The average molecular weight is 424 g/mol. The van der Waals surface area contributed by atoms with E-state index in [1.807, 2.05) is 36.4 Å². The molecule has 0 aliphatic rings. The van der Waals surface area contributed by atoms with Gasteiger partial charge in [0, 0.05) is 11.1 Å². The van der Waals surface area contributed by atoms with E-state index < -0.39 is 10.8 Å². The number of nitro groups is 1. The van der Waals surface area contributed by atoms with E-state index in [-0.39, 0.29) is 11.3 Å². The van der Waals surface area contributed by atoms with Crippen molar-refractivity contribution in [3.05, 3.63) is 105 Å². The number of nitrogens with zero attached hydrogens (tertiary/aromatic N) is 2. The van der Waals surface area contributed by atoms with E-state index in [1.165, 1.54) is 18.2 Å². The summed E-state index contributed by atoms with van der Waals surface area (Å²) >= 11 is 5.87. The zero-order valence-electron chi connectivity index (χ0n) is 16.0. The molecule has 1 amide bonds. The van der Waals surface area contributed by atoms with Gasteiger partial charge >= 0.3 is 0 Å². The first kappa shape index (κ1) is 21.0. The van der Waals surface area contributed by atoms with Crippen LogP contribution < -0.4 is 10.2 Å². The maximum absolute atomic E-state index is 12.2. The fraction of sp³-hybridized carbons (Fsp3) is 0.0909. The largest absolute Gasteiger partial charge is 0.489 e. The maximum atomic E-state index is 12.2. The minimum absolute atomic E-state index is 0.0509. The molecule has 0 saturated carbocycles. The molecule has 0 aromatic heterocycles. The molecule has 0 spiro atoms. The Morgan fingerprint density at radius 2 is 1.73 bits per heavy atom. The molecule has 0 unspecified atom stereocenters. The van der Waals surface area contributed by atoms with Crippen LogP contribution in [-0.4, -0.2) is 16.5 Å². The SMILES string of the molecule is C/C(=N\NC(=O)c1ccccc1[N+](=O)[O-])c1ccc(OCc2ccc(Cl)cc2)cc1. The van der Waals surface area contributed by atoms with Crippen LogP contribution in [0.1, 0.15) is 28.4 Å². The first-order valence-electron chi connectivity index (χ1n) is 9.00. The molecule has 0 aliphatic carbocycles. The Morgan fingerprint density at radius 1 is 1.07 bits per heavy atom. The Balaban J connectivity index is 1.62. The van der Waals surface area contributed by atoms with E-state index in [4.69, 9.17) is 16.3 Å². The number of nitro benzene ring substituents is 1. The second kappa shape index (κ2) is 9.67. The molecule has 30 heavy (non-hydrogen) atoms. The van der Waals surface area contributed by atoms with Gasteiger partial charge in [-0.1, -0.05) is 35.9 Å². The lowest BCUT2D eigenvalue weighted by atomic mass is 10.1. The smallest absolute Gasteiger partial charge is 0.282 e. The predicted molar refractivity (Wildman–Crippen MR) is 115 cm³/mol. The number of halogens is 1. The van der Waals surface area contributed by atoms with Crippen molar-refractivity contribution in [3.63, 3.8) is 0 Å². The van der Waals surface area contributed by atoms with E-state index in [1.54, 1.807) is 25.1 Å². The van der Waals surface area contributed by atoms with Crippen molar-refractivity contribution in [1.29, 1.82) is 0 Å². The highest BCUT2D eigenvalue weighted by atomic mass is 35.5. The number of ether oxygens (including phenoxy) is 1. The molecule has 0 radical (unpaired) electrons. The molecule has 1 N–H and O–H groups in total. The van der Waals surface area contributed by atoms with Gasteiger partial charge in [0.2, 0.25) is 0 Å². The number of rotatable bonds is 7. The topological polar surface area (TPSA) is 93.8 Å². The van der Waals surface area contributed by atoms with E-state index in [2.05, 4.69) is 10.5 Å². The number of hydrazone groups is 1. The maximum Gasteiger partial charge on any atom is 0.282 e. The van der Waals surface area contributed by atoms with E-state index in [0.717, 1.165) is 11.1 Å². The summed E-state index contributed by atoms with van der Waals surface area (Å²) in [5.74, 6) is 0.0370. The number of hydrogen-bond donors (Lipinski definition) is 1. The Bertz CT molecular complexity index is 1080. The van der Waals surface area contributed by atoms with Crippen molar-refractivity contribution in [2.75, 3.05) is 0 Å². The predicted octanol–water partition coefficient (Wildman–Crippen LogP) is 4.98. The highest BCUT2D eigenvalue weighted by molar-refractivity contribution is 6.30. The van der Waals surface area contributed by atoms with E-state index in [9.17, 15) is 14.9 Å². The van der Waals surface area contributed by atoms with Crippen LogP contribution in [0, 0.1) is 10.1 Å². The third kappa shape index (κ3) is 5.42. The number of carbonyl (C=O) groups is 1. The normalized spacial score (nSPS) is 11.1. The fourth-order valence-electron chi connectivity index (χ4n) is 2.62. The third-order valence-corrected chi connectivity index (χ3v) is 4.51. The molecule has 0 saturated heterocycles. The third-order valence-electron chi connectivity index (χ3n) is 4.26. The van der Waals surface area contributed by atoms with Gasteiger partial charge < -0.3 is 4.74 Å². The Kier molecular flexibility index (Phi) is 6.77. The summed E-state index contributed by atoms with van der Waals surface area (Å²) in [5, 5.41) is 15.8. The van der Waals surface area contributed by atoms with Crippen LogP contribution in [-0.2, 0) is 6.61 Å². The number of para-hydroxylation sites is 1. The standard InChI is InChI=1S/C22H18ClN3O4/c1-15(24-25-22(27)20-4-2-3-5-21(20)26(28)29)17-8-12-19(13-9-17)30-14-16-6-10-18(23)11-7-16/h2-13H,14H2,1H3,(H,25,27)/b24-15+. The summed E-state index contributed by atoms with van der Waals surface area (Å²) in [6.07, 6.45) is 0. The average Bonchev–Trinajstić information content (AvgIpc) is 2.77. The Morgan fingerprint density at radius 3 is 2.40 bits per heavy atom. The summed E-state index contributed by atoms with van der Waals surface area (Å²) in [5.41, 5.74) is 4.36. The molecule has 8 heteroatoms. The number of carbonyl (C=O) groups excluding carboxylic acids is 1. The lowest BCUT2D eigenvalue weighted by Crippen LogP contribution is -2.20. The zero-order valence-corrected chi connectivity index (χ0v) is 16.8. The number of benzene rings is 3. The van der Waals surface area contributed by atoms with Gasteiger partial charge in [-0.05, 0) is 60.5 Å². The van der Waals surface area contributed by atoms with Crippen molar-refractivity contribution in [3.8, 4) is 5.75 Å². The van der Waals surface area contributed by atoms with Crippen molar-refractivity contribution < 1.29 is 14.5 Å². The minimum atomic E-state index is -0.649. The lowest BCUT2D eigenvalue weighted by molar-refractivity contribution is -0.385. The van der Waals surface area contributed by atoms with Crippen molar-refractivity contribution in [2.24, 2.45) is 5.10 Å². The van der Waals surface area contributed by atoms with E-state index >= 15 is 0 Å². The van der Waals surface area contributed by atoms with Crippen LogP contribution in [0.3, 0.4) is 0 Å². The fourth-order valence-corrected chi connectivity index (χ4v) is 2.75. The molecule has 3 aromatic carbocycles. The van der Waals surface area contributed by atoms with Crippen LogP contribution >= 0.6 is 11.6 Å². The summed E-state index contributed by atoms with van der Waals surface area (Å²) in [6, 6.07) is 20.3. The highest BCUT2D eigenvalue weighted by Crippen LogP contribution is 2.18. The van der Waals surface area contributed by atoms with Gasteiger partial charge in [-0.25, -0.2) is 5.43 Å². The van der Waals surface area contributed by atoms with Gasteiger partial charge in [-0.15, -0.1) is 0 Å². The van der Waals surface area contributed by atoms with Gasteiger partial charge in [0.05, 0.1) is 10.6 Å². The molecule has 7 nitrogen and oxygen atoms in total. The molecular weight excluding hydrogens is 406 g/mol. The van der Waals surface area contributed by atoms with Gasteiger partial charge in [0.15, 0.2) is 0 Å². The van der Waals surface area contributed by atoms with Gasteiger partial charge in [0.1, 0.15) is 17.9 Å². The van der Waals surface area contributed by atoms with Crippen LogP contribution in [0.2, 0.25) is 5.02 Å². The first-order chi connectivity index (χ1) is 14.4. The van der Waals surface area contributed by atoms with Gasteiger partial charge in [-0.3, -0.25) is 14.9 Å². The highest BCUT2D eigenvalue weighted by Gasteiger charge is 2.18. The molecule has 0 bridgehead atoms. The summed E-state index contributed by atoms with van der Waals surface area (Å²) in [4.78, 5) is 22.7. The minimum Gasteiger partial charge on any atom is -0.489 e. The first-order valence-corrected chi connectivity index (χ1v) is 9.37. The molecular formula is C22H18ClN3O4. The van der Waals surface area contributed by atoms with Gasteiger partial charge in [-0.2, -0.15) is 5.10 Å². The lowest BCUT2D eigenvalue weighted by Gasteiger charge is -2.08. The molecule has 3 aromatic rings. The molecule has 0 aliphatic heterocycles. The van der Waals surface area contributed by atoms with Crippen LogP contribution in [0.15, 0.2) is 77.9 Å². The Hall–Kier alpha value is -3.71. The zero-order chi connectivity index (χ0) is 21.5.